The summed E-state index contributed by atoms with van der Waals surface area (Å²) >= 11 is 2.12. The predicted octanol–water partition coefficient (Wildman–Crippen LogP) is 4.25. The van der Waals surface area contributed by atoms with Crippen molar-refractivity contribution in [1.82, 2.24) is 0 Å². The standard InChI is InChI=1S/C18H17IO4/c1-3-22-18(21)14-6-4-13(5-7-14)11-23-15-8-9-16(12(2)20)17(19)10-15/h4-10H,3,11H2,1-2H3. The van der Waals surface area contributed by atoms with Gasteiger partial charge in [0.25, 0.3) is 0 Å². The minimum Gasteiger partial charge on any atom is -0.489 e. The van der Waals surface area contributed by atoms with E-state index >= 15 is 0 Å². The van der Waals surface area contributed by atoms with Crippen LogP contribution in [0.5, 0.6) is 5.75 Å². The van der Waals surface area contributed by atoms with Crippen LogP contribution in [0.15, 0.2) is 42.5 Å². The second-order valence-corrected chi connectivity index (χ2v) is 6.07. The number of Topliss-reactive ketones (excluding diaryl/α,β-unsaturated/α-hetero) is 1. The fourth-order valence-corrected chi connectivity index (χ4v) is 2.86. The number of ether oxygens (including phenoxy) is 2. The lowest BCUT2D eigenvalue weighted by atomic mass is 10.1. The van der Waals surface area contributed by atoms with Crippen LogP contribution in [-0.2, 0) is 11.3 Å². The van der Waals surface area contributed by atoms with Gasteiger partial charge in [-0.1, -0.05) is 12.1 Å². The highest BCUT2D eigenvalue weighted by molar-refractivity contribution is 14.1. The number of benzene rings is 2. The molecular weight excluding hydrogens is 407 g/mol. The van der Waals surface area contributed by atoms with Gasteiger partial charge in [0, 0.05) is 9.13 Å². The molecule has 0 unspecified atom stereocenters. The molecule has 0 heterocycles. The van der Waals surface area contributed by atoms with Crippen molar-refractivity contribution >= 4 is 34.3 Å². The van der Waals surface area contributed by atoms with Gasteiger partial charge in [-0.2, -0.15) is 0 Å². The van der Waals surface area contributed by atoms with Crippen LogP contribution in [0.25, 0.3) is 0 Å². The van der Waals surface area contributed by atoms with Crippen LogP contribution in [0, 0.1) is 3.57 Å². The van der Waals surface area contributed by atoms with Crippen molar-refractivity contribution in [2.75, 3.05) is 6.61 Å². The van der Waals surface area contributed by atoms with Crippen LogP contribution < -0.4 is 4.74 Å². The molecule has 0 N–H and O–H groups in total. The van der Waals surface area contributed by atoms with E-state index in [1.165, 1.54) is 0 Å². The Labute approximate surface area is 148 Å². The summed E-state index contributed by atoms with van der Waals surface area (Å²) in [7, 11) is 0. The number of hydrogen-bond donors (Lipinski definition) is 0. The van der Waals surface area contributed by atoms with Crippen LogP contribution >= 0.6 is 22.6 Å². The van der Waals surface area contributed by atoms with Crippen molar-refractivity contribution in [2.24, 2.45) is 0 Å². The molecule has 0 fully saturated rings. The molecule has 0 aromatic heterocycles. The number of hydrogen-bond acceptors (Lipinski definition) is 4. The van der Waals surface area contributed by atoms with Crippen LogP contribution in [0.1, 0.15) is 40.1 Å². The number of carbonyl (C=O) groups is 2. The van der Waals surface area contributed by atoms with E-state index in [2.05, 4.69) is 22.6 Å². The first kappa shape index (κ1) is 17.5. The molecule has 0 saturated carbocycles. The van der Waals surface area contributed by atoms with Gasteiger partial charge in [0.05, 0.1) is 12.2 Å². The monoisotopic (exact) mass is 424 g/mol. The first-order valence-electron chi connectivity index (χ1n) is 7.20. The number of rotatable bonds is 6. The summed E-state index contributed by atoms with van der Waals surface area (Å²) in [5, 5.41) is 0. The lowest BCUT2D eigenvalue weighted by Gasteiger charge is -2.09. The molecule has 0 aliphatic rings. The zero-order valence-electron chi connectivity index (χ0n) is 13.0. The molecule has 0 aliphatic heterocycles. The second kappa shape index (κ2) is 8.10. The zero-order valence-corrected chi connectivity index (χ0v) is 15.1. The second-order valence-electron chi connectivity index (χ2n) is 4.90. The first-order chi connectivity index (χ1) is 11.0. The van der Waals surface area contributed by atoms with Gasteiger partial charge in [-0.15, -0.1) is 0 Å². The lowest BCUT2D eigenvalue weighted by Crippen LogP contribution is -2.05. The Bertz CT molecular complexity index is 707. The van der Waals surface area contributed by atoms with Gasteiger partial charge in [0.2, 0.25) is 0 Å². The summed E-state index contributed by atoms with van der Waals surface area (Å²) in [5.74, 6) is 0.415. The molecule has 5 heteroatoms. The van der Waals surface area contributed by atoms with Gasteiger partial charge in [0.1, 0.15) is 12.4 Å². The lowest BCUT2D eigenvalue weighted by molar-refractivity contribution is 0.0526. The fraction of sp³-hybridized carbons (Fsp3) is 0.222. The molecule has 0 spiro atoms. The molecule has 0 saturated heterocycles. The van der Waals surface area contributed by atoms with E-state index in [1.807, 2.05) is 18.2 Å². The van der Waals surface area contributed by atoms with Crippen LogP contribution in [-0.4, -0.2) is 18.4 Å². The number of carbonyl (C=O) groups excluding carboxylic acids is 2. The maximum atomic E-state index is 11.6. The normalized spacial score (nSPS) is 10.2. The third kappa shape index (κ3) is 4.79. The Hall–Kier alpha value is -1.89. The summed E-state index contributed by atoms with van der Waals surface area (Å²) in [6, 6.07) is 12.5. The van der Waals surface area contributed by atoms with E-state index in [-0.39, 0.29) is 11.8 Å². The van der Waals surface area contributed by atoms with E-state index in [0.29, 0.717) is 30.1 Å². The minimum absolute atomic E-state index is 0.0375. The molecule has 2 aromatic rings. The molecule has 2 rings (SSSR count). The SMILES string of the molecule is CCOC(=O)c1ccc(COc2ccc(C(C)=O)c(I)c2)cc1. The summed E-state index contributed by atoms with van der Waals surface area (Å²) in [6.07, 6.45) is 0. The number of ketones is 1. The molecule has 0 radical (unpaired) electrons. The minimum atomic E-state index is -0.325. The third-order valence-electron chi connectivity index (χ3n) is 3.19. The summed E-state index contributed by atoms with van der Waals surface area (Å²) in [6.45, 7) is 4.07. The van der Waals surface area contributed by atoms with Crippen LogP contribution in [0.2, 0.25) is 0 Å². The van der Waals surface area contributed by atoms with Gasteiger partial charge >= 0.3 is 5.97 Å². The Morgan fingerprint density at radius 1 is 1.09 bits per heavy atom. The Morgan fingerprint density at radius 3 is 2.35 bits per heavy atom. The molecular formula is C18H17IO4. The maximum absolute atomic E-state index is 11.6. The van der Waals surface area contributed by atoms with Crippen molar-refractivity contribution in [3.05, 3.63) is 62.7 Å². The summed E-state index contributed by atoms with van der Waals surface area (Å²) in [5.41, 5.74) is 2.16. The fourth-order valence-electron chi connectivity index (χ4n) is 1.99. The molecule has 4 nitrogen and oxygen atoms in total. The van der Waals surface area contributed by atoms with Crippen molar-refractivity contribution in [3.8, 4) is 5.75 Å². The van der Waals surface area contributed by atoms with E-state index in [4.69, 9.17) is 9.47 Å². The van der Waals surface area contributed by atoms with Crippen LogP contribution in [0.4, 0.5) is 0 Å². The number of halogens is 1. The molecule has 0 bridgehead atoms. The molecule has 0 aliphatic carbocycles. The maximum Gasteiger partial charge on any atom is 0.338 e. The largest absolute Gasteiger partial charge is 0.489 e. The quantitative estimate of drug-likeness (QED) is 0.395. The third-order valence-corrected chi connectivity index (χ3v) is 4.08. The van der Waals surface area contributed by atoms with Gasteiger partial charge < -0.3 is 9.47 Å². The average Bonchev–Trinajstić information content (AvgIpc) is 2.53. The van der Waals surface area contributed by atoms with Crippen LogP contribution in [0.3, 0.4) is 0 Å². The smallest absolute Gasteiger partial charge is 0.338 e. The predicted molar refractivity (Wildman–Crippen MR) is 95.9 cm³/mol. The molecule has 2 aromatic carbocycles. The Morgan fingerprint density at radius 2 is 1.78 bits per heavy atom. The summed E-state index contributed by atoms with van der Waals surface area (Å²) < 4.78 is 11.5. The van der Waals surface area contributed by atoms with Gasteiger partial charge in [0.15, 0.2) is 5.78 Å². The highest BCUT2D eigenvalue weighted by Gasteiger charge is 2.08. The molecule has 23 heavy (non-hydrogen) atoms. The van der Waals surface area contributed by atoms with E-state index in [1.54, 1.807) is 38.1 Å². The summed E-state index contributed by atoms with van der Waals surface area (Å²) in [4.78, 5) is 23.0. The Kier molecular flexibility index (Phi) is 6.15. The topological polar surface area (TPSA) is 52.6 Å². The van der Waals surface area contributed by atoms with Crippen molar-refractivity contribution in [2.45, 2.75) is 20.5 Å². The van der Waals surface area contributed by atoms with E-state index < -0.39 is 0 Å². The zero-order chi connectivity index (χ0) is 16.8. The van der Waals surface area contributed by atoms with Crippen molar-refractivity contribution in [3.63, 3.8) is 0 Å². The Balaban J connectivity index is 1.99. The van der Waals surface area contributed by atoms with Gasteiger partial charge in [-0.3, -0.25) is 4.79 Å². The van der Waals surface area contributed by atoms with Gasteiger partial charge in [-0.05, 0) is 72.3 Å². The molecule has 0 amide bonds. The van der Waals surface area contributed by atoms with Gasteiger partial charge in [-0.25, -0.2) is 4.79 Å². The molecule has 0 atom stereocenters. The first-order valence-corrected chi connectivity index (χ1v) is 8.28. The van der Waals surface area contributed by atoms with E-state index in [9.17, 15) is 9.59 Å². The number of esters is 1. The van der Waals surface area contributed by atoms with Crippen molar-refractivity contribution in [1.29, 1.82) is 0 Å². The highest BCUT2D eigenvalue weighted by Crippen LogP contribution is 2.21. The highest BCUT2D eigenvalue weighted by atomic mass is 127. The van der Waals surface area contributed by atoms with Crippen molar-refractivity contribution < 1.29 is 19.1 Å². The molecule has 120 valence electrons. The van der Waals surface area contributed by atoms with E-state index in [0.717, 1.165) is 9.13 Å². The average molecular weight is 424 g/mol.